The van der Waals surface area contributed by atoms with Gasteiger partial charge in [0.2, 0.25) is 5.91 Å². The second-order valence-corrected chi connectivity index (χ2v) is 8.41. The van der Waals surface area contributed by atoms with Gasteiger partial charge in [-0.15, -0.1) is 0 Å². The van der Waals surface area contributed by atoms with Gasteiger partial charge in [-0.1, -0.05) is 70.4 Å². The fourth-order valence-corrected chi connectivity index (χ4v) is 2.37. The van der Waals surface area contributed by atoms with Crippen LogP contribution in [0.25, 0.3) is 0 Å². The maximum Gasteiger partial charge on any atom is 0.217 e. The molecule has 1 amide bonds. The Kier molecular flexibility index (Phi) is 27.1. The van der Waals surface area contributed by atoms with Gasteiger partial charge < -0.3 is 22.6 Å². The Morgan fingerprint density at radius 2 is 1.11 bits per heavy atom. The molecule has 0 spiro atoms. The van der Waals surface area contributed by atoms with E-state index in [0.29, 0.717) is 6.42 Å². The summed E-state index contributed by atoms with van der Waals surface area (Å²) in [6, 6.07) is 0. The summed E-state index contributed by atoms with van der Waals surface area (Å²) in [7, 11) is 6.54. The number of quaternary nitrogens is 1. The minimum atomic E-state index is -0.164. The highest BCUT2D eigenvalue weighted by Gasteiger charge is 1.97. The predicted octanol–water partition coefficient (Wildman–Crippen LogP) is 3.23. The smallest absolute Gasteiger partial charge is 0.217 e. The number of amides is 1. The summed E-state index contributed by atoms with van der Waals surface area (Å²) in [5.41, 5.74) is 5.10. The van der Waals surface area contributed by atoms with Gasteiger partial charge in [0.25, 0.3) is 0 Å². The molecule has 0 heterocycles. The first kappa shape index (κ1) is 31.2. The van der Waals surface area contributed by atoms with Crippen LogP contribution in [-0.4, -0.2) is 38.1 Å². The second kappa shape index (κ2) is 23.5. The summed E-state index contributed by atoms with van der Waals surface area (Å²) in [6.07, 6.45) is 21.9. The van der Waals surface area contributed by atoms with Crippen LogP contribution in [0.4, 0.5) is 0 Å². The summed E-state index contributed by atoms with van der Waals surface area (Å²) in [6.45, 7) is 5.65. The first-order valence-corrected chi connectivity index (χ1v) is 11.1. The van der Waals surface area contributed by atoms with E-state index in [2.05, 4.69) is 47.1 Å². The molecule has 0 saturated heterocycles. The highest BCUT2D eigenvalue weighted by molar-refractivity contribution is 5.73. The molecule has 4 heteroatoms. The topological polar surface area (TPSA) is 43.1 Å². The minimum Gasteiger partial charge on any atom is -1.00 e. The van der Waals surface area contributed by atoms with Crippen LogP contribution in [0.1, 0.15) is 104 Å². The second-order valence-electron chi connectivity index (χ2n) is 8.41. The van der Waals surface area contributed by atoms with E-state index in [9.17, 15) is 4.79 Å². The Morgan fingerprint density at radius 1 is 0.741 bits per heavy atom. The van der Waals surface area contributed by atoms with E-state index in [-0.39, 0.29) is 18.3 Å². The third-order valence-electron chi connectivity index (χ3n) is 4.63. The van der Waals surface area contributed by atoms with Gasteiger partial charge in [-0.2, -0.15) is 0 Å². The monoisotopic (exact) mass is 404 g/mol. The lowest BCUT2D eigenvalue weighted by Gasteiger charge is -2.20. The molecule has 0 aromatic heterocycles. The van der Waals surface area contributed by atoms with Crippen LogP contribution < -0.4 is 18.1 Å². The zero-order valence-corrected chi connectivity index (χ0v) is 19.8. The molecule has 0 fully saturated rings. The third kappa shape index (κ3) is 37.0. The summed E-state index contributed by atoms with van der Waals surface area (Å²) in [5, 5.41) is 0. The SMILES string of the molecule is CCCCCCCC/C=C\CCCCCCCC(N)=O.CC[N+](C)(C)C.[Cl-]. The fourth-order valence-electron chi connectivity index (χ4n) is 2.37. The molecule has 0 unspecified atom stereocenters. The van der Waals surface area contributed by atoms with Gasteiger partial charge in [-0.3, -0.25) is 4.79 Å². The molecule has 0 bridgehead atoms. The first-order chi connectivity index (χ1) is 12.3. The van der Waals surface area contributed by atoms with Crippen molar-refractivity contribution in [1.29, 1.82) is 0 Å². The molecule has 0 radical (unpaired) electrons. The average molecular weight is 405 g/mol. The number of primary amides is 1. The molecule has 0 aliphatic heterocycles. The normalized spacial score (nSPS) is 11.0. The Bertz CT molecular complexity index is 325. The van der Waals surface area contributed by atoms with Crippen LogP contribution in [-0.2, 0) is 4.79 Å². The lowest BCUT2D eigenvalue weighted by Crippen LogP contribution is -3.00. The van der Waals surface area contributed by atoms with Crippen LogP contribution in [0.3, 0.4) is 0 Å². The van der Waals surface area contributed by atoms with Crippen molar-refractivity contribution in [3.8, 4) is 0 Å². The number of allylic oxidation sites excluding steroid dienone is 2. The largest absolute Gasteiger partial charge is 1.00 e. The first-order valence-electron chi connectivity index (χ1n) is 11.1. The summed E-state index contributed by atoms with van der Waals surface area (Å²) < 4.78 is 1.07. The minimum absolute atomic E-state index is 0. The Labute approximate surface area is 177 Å². The number of hydrogen-bond donors (Lipinski definition) is 1. The van der Waals surface area contributed by atoms with Crippen LogP contribution >= 0.6 is 0 Å². The molecular weight excluding hydrogens is 356 g/mol. The fraction of sp³-hybridized carbons (Fsp3) is 0.870. The number of carbonyl (C=O) groups is 1. The van der Waals surface area contributed by atoms with Crippen molar-refractivity contribution in [3.05, 3.63) is 12.2 Å². The molecular formula is C23H49ClN2O. The molecule has 2 N–H and O–H groups in total. The Hall–Kier alpha value is -0.540. The molecule has 0 aliphatic rings. The lowest BCUT2D eigenvalue weighted by atomic mass is 10.1. The van der Waals surface area contributed by atoms with Crippen LogP contribution in [0, 0.1) is 0 Å². The predicted molar refractivity (Wildman–Crippen MR) is 117 cm³/mol. The Balaban J connectivity index is -0.000000709. The summed E-state index contributed by atoms with van der Waals surface area (Å²) in [4.78, 5) is 10.5. The van der Waals surface area contributed by atoms with Crippen molar-refractivity contribution in [2.45, 2.75) is 104 Å². The van der Waals surface area contributed by atoms with Crippen molar-refractivity contribution >= 4 is 5.91 Å². The van der Waals surface area contributed by atoms with Crippen LogP contribution in [0.15, 0.2) is 12.2 Å². The Morgan fingerprint density at radius 3 is 1.48 bits per heavy atom. The zero-order chi connectivity index (χ0) is 20.1. The maximum absolute atomic E-state index is 10.5. The van der Waals surface area contributed by atoms with Crippen molar-refractivity contribution in [1.82, 2.24) is 0 Å². The van der Waals surface area contributed by atoms with Crippen molar-refractivity contribution < 1.29 is 21.7 Å². The third-order valence-corrected chi connectivity index (χ3v) is 4.63. The number of rotatable bonds is 16. The van der Waals surface area contributed by atoms with E-state index in [1.807, 2.05) is 0 Å². The standard InChI is InChI=1S/C18H35NO.C5H14N.ClH/c1-2-3-4-5-6-7-8-9-10-11-12-13-14-15-16-17-18(19)20;1-5-6(2,3)4;/h9-10H,2-8,11-17H2,1H3,(H2,19,20);5H2,1-4H3;1H/q;+1;/p-1/b10-9-;;. The van der Waals surface area contributed by atoms with Crippen molar-refractivity contribution in [2.75, 3.05) is 27.7 Å². The molecule has 0 aromatic rings. The van der Waals surface area contributed by atoms with Gasteiger partial charge in [0.1, 0.15) is 0 Å². The van der Waals surface area contributed by atoms with E-state index in [4.69, 9.17) is 5.73 Å². The van der Waals surface area contributed by atoms with E-state index >= 15 is 0 Å². The van der Waals surface area contributed by atoms with Gasteiger partial charge in [0.05, 0.1) is 27.7 Å². The highest BCUT2D eigenvalue weighted by atomic mass is 35.5. The van der Waals surface area contributed by atoms with Gasteiger partial charge >= 0.3 is 0 Å². The number of carbonyl (C=O) groups excluding carboxylic acids is 1. The van der Waals surface area contributed by atoms with Gasteiger partial charge in [0.15, 0.2) is 0 Å². The van der Waals surface area contributed by atoms with Crippen LogP contribution in [0.2, 0.25) is 0 Å². The quantitative estimate of drug-likeness (QED) is 0.239. The van der Waals surface area contributed by atoms with E-state index in [1.165, 1.54) is 77.2 Å². The van der Waals surface area contributed by atoms with Crippen molar-refractivity contribution in [3.63, 3.8) is 0 Å². The number of nitrogens with zero attached hydrogens (tertiary/aromatic N) is 1. The number of nitrogens with two attached hydrogens (primary N) is 1. The average Bonchev–Trinajstić information content (AvgIpc) is 2.58. The molecule has 0 saturated carbocycles. The molecule has 27 heavy (non-hydrogen) atoms. The molecule has 3 nitrogen and oxygen atoms in total. The molecule has 0 atom stereocenters. The molecule has 0 rings (SSSR count). The highest BCUT2D eigenvalue weighted by Crippen LogP contribution is 2.09. The van der Waals surface area contributed by atoms with Crippen LogP contribution in [0.5, 0.6) is 0 Å². The van der Waals surface area contributed by atoms with E-state index in [0.717, 1.165) is 17.3 Å². The van der Waals surface area contributed by atoms with Gasteiger partial charge in [-0.25, -0.2) is 0 Å². The lowest BCUT2D eigenvalue weighted by molar-refractivity contribution is -0.868. The zero-order valence-electron chi connectivity index (χ0n) is 19.1. The summed E-state index contributed by atoms with van der Waals surface area (Å²) in [5.74, 6) is -0.164. The maximum atomic E-state index is 10.5. The number of halogens is 1. The van der Waals surface area contributed by atoms with E-state index in [1.54, 1.807) is 0 Å². The molecule has 0 aliphatic carbocycles. The number of hydrogen-bond acceptors (Lipinski definition) is 1. The van der Waals surface area contributed by atoms with Gasteiger partial charge in [-0.05, 0) is 39.0 Å². The molecule has 0 aromatic carbocycles. The van der Waals surface area contributed by atoms with E-state index < -0.39 is 0 Å². The van der Waals surface area contributed by atoms with Crippen molar-refractivity contribution in [2.24, 2.45) is 5.73 Å². The van der Waals surface area contributed by atoms with Gasteiger partial charge in [0, 0.05) is 6.42 Å². The number of unbranched alkanes of at least 4 members (excludes halogenated alkanes) is 11. The summed E-state index contributed by atoms with van der Waals surface area (Å²) >= 11 is 0. The molecule has 164 valence electrons.